The smallest absolute Gasteiger partial charge is 0.265 e. The second-order valence-corrected chi connectivity index (χ2v) is 8.72. The van der Waals surface area contributed by atoms with Crippen LogP contribution in [0.1, 0.15) is 29.0 Å². The van der Waals surface area contributed by atoms with Gasteiger partial charge < -0.3 is 34.8 Å². The number of fused-ring (bicyclic) bond motifs is 1. The lowest BCUT2D eigenvalue weighted by Gasteiger charge is -2.21. The summed E-state index contributed by atoms with van der Waals surface area (Å²) < 4.78 is 17.6. The molecule has 4 rings (SSSR count). The molecule has 1 amide bonds. The van der Waals surface area contributed by atoms with E-state index in [1.54, 1.807) is 36.4 Å². The van der Waals surface area contributed by atoms with Crippen LogP contribution in [0.3, 0.4) is 0 Å². The van der Waals surface area contributed by atoms with Crippen LogP contribution in [0.15, 0.2) is 59.5 Å². The SMILES string of the molecule is COc1cc([C@@H](CC(=O)NCCc2ccc(O)c(O)c2)c2c(O)nc3ccccn3c2=O)cc(OC)c1OC. The molecule has 0 spiro atoms. The van der Waals surface area contributed by atoms with Gasteiger partial charge in [0.2, 0.25) is 17.5 Å². The van der Waals surface area contributed by atoms with E-state index < -0.39 is 23.3 Å². The number of nitrogens with zero attached hydrogens (tertiary/aromatic N) is 2. The number of benzene rings is 2. The van der Waals surface area contributed by atoms with E-state index in [9.17, 15) is 24.9 Å². The first-order valence-corrected chi connectivity index (χ1v) is 12.0. The monoisotopic (exact) mass is 535 g/mol. The molecule has 0 bridgehead atoms. The van der Waals surface area contributed by atoms with Crippen LogP contribution < -0.4 is 25.1 Å². The standard InChI is InChI=1S/C28H29N3O8/c1-37-21-13-17(14-22(38-2)26(21)39-3)18(25-27(35)30-23-6-4-5-11-31(23)28(25)36)15-24(34)29-10-9-16-7-8-19(32)20(33)12-16/h4-8,11-14,18,32-33,35H,9-10,15H2,1-3H3,(H,29,34)/t18-/m1/s1. The van der Waals surface area contributed by atoms with E-state index >= 15 is 0 Å². The van der Waals surface area contributed by atoms with Crippen molar-refractivity contribution in [1.82, 2.24) is 14.7 Å². The highest BCUT2D eigenvalue weighted by atomic mass is 16.5. The number of hydrogen-bond donors (Lipinski definition) is 4. The minimum Gasteiger partial charge on any atom is -0.504 e. The molecule has 0 aliphatic heterocycles. The molecule has 204 valence electrons. The van der Waals surface area contributed by atoms with Crippen LogP contribution in [0.5, 0.6) is 34.6 Å². The Morgan fingerprint density at radius 2 is 1.69 bits per heavy atom. The Labute approximate surface area is 223 Å². The molecule has 39 heavy (non-hydrogen) atoms. The van der Waals surface area contributed by atoms with Crippen molar-refractivity contribution in [2.75, 3.05) is 27.9 Å². The highest BCUT2D eigenvalue weighted by molar-refractivity contribution is 5.78. The molecule has 0 aliphatic carbocycles. The number of pyridine rings is 1. The van der Waals surface area contributed by atoms with Crippen LogP contribution in [0, 0.1) is 0 Å². The summed E-state index contributed by atoms with van der Waals surface area (Å²) in [6.45, 7) is 0.228. The highest BCUT2D eigenvalue weighted by Gasteiger charge is 2.29. The normalized spacial score (nSPS) is 11.7. The predicted molar refractivity (Wildman–Crippen MR) is 142 cm³/mol. The van der Waals surface area contributed by atoms with E-state index in [1.165, 1.54) is 44.1 Å². The average Bonchev–Trinajstić information content (AvgIpc) is 2.93. The van der Waals surface area contributed by atoms with E-state index in [1.807, 2.05) is 0 Å². The Bertz CT molecular complexity index is 1540. The fourth-order valence-electron chi connectivity index (χ4n) is 4.41. The summed E-state index contributed by atoms with van der Waals surface area (Å²) in [7, 11) is 4.37. The van der Waals surface area contributed by atoms with Crippen LogP contribution in [0.25, 0.3) is 5.65 Å². The molecular formula is C28H29N3O8. The van der Waals surface area contributed by atoms with Crippen LogP contribution >= 0.6 is 0 Å². The van der Waals surface area contributed by atoms with Gasteiger partial charge in [-0.15, -0.1) is 0 Å². The van der Waals surface area contributed by atoms with Gasteiger partial charge in [-0.1, -0.05) is 12.1 Å². The van der Waals surface area contributed by atoms with Crippen molar-refractivity contribution < 1.29 is 34.3 Å². The van der Waals surface area contributed by atoms with E-state index in [0.29, 0.717) is 34.8 Å². The number of aromatic nitrogens is 2. The Kier molecular flexibility index (Phi) is 8.09. The number of carbonyl (C=O) groups is 1. The summed E-state index contributed by atoms with van der Waals surface area (Å²) in [4.78, 5) is 30.8. The van der Waals surface area contributed by atoms with Gasteiger partial charge in [0, 0.05) is 25.1 Å². The Morgan fingerprint density at radius 3 is 2.33 bits per heavy atom. The van der Waals surface area contributed by atoms with Crippen molar-refractivity contribution in [1.29, 1.82) is 0 Å². The molecule has 0 unspecified atom stereocenters. The number of amides is 1. The third kappa shape index (κ3) is 5.66. The minimum atomic E-state index is -0.923. The number of hydrogen-bond acceptors (Lipinski definition) is 9. The van der Waals surface area contributed by atoms with Crippen molar-refractivity contribution in [2.45, 2.75) is 18.8 Å². The van der Waals surface area contributed by atoms with Crippen LogP contribution in [0.4, 0.5) is 0 Å². The molecule has 0 aliphatic rings. The second kappa shape index (κ2) is 11.6. The van der Waals surface area contributed by atoms with E-state index in [2.05, 4.69) is 10.3 Å². The summed E-state index contributed by atoms with van der Waals surface area (Å²) >= 11 is 0. The lowest BCUT2D eigenvalue weighted by Crippen LogP contribution is -2.30. The average molecular weight is 536 g/mol. The Balaban J connectivity index is 1.71. The first-order chi connectivity index (χ1) is 18.8. The fraction of sp³-hybridized carbons (Fsp3) is 0.250. The van der Waals surface area contributed by atoms with Crippen molar-refractivity contribution in [2.24, 2.45) is 0 Å². The molecule has 4 N–H and O–H groups in total. The summed E-state index contributed by atoms with van der Waals surface area (Å²) in [5.74, 6) is -1.32. The molecule has 4 aromatic rings. The molecule has 0 saturated carbocycles. The number of phenolic OH excluding ortho intramolecular Hbond substituents is 2. The Hall–Kier alpha value is -4.93. The fourth-order valence-corrected chi connectivity index (χ4v) is 4.41. The zero-order valence-electron chi connectivity index (χ0n) is 21.7. The van der Waals surface area contributed by atoms with Gasteiger partial charge in [-0.25, -0.2) is 0 Å². The van der Waals surface area contributed by atoms with Crippen molar-refractivity contribution >= 4 is 11.6 Å². The minimum absolute atomic E-state index is 0.0634. The number of carbonyl (C=O) groups excluding carboxylic acids is 1. The molecular weight excluding hydrogens is 506 g/mol. The summed E-state index contributed by atoms with van der Waals surface area (Å²) in [5.41, 5.74) is 0.847. The number of ether oxygens (including phenoxy) is 3. The lowest BCUT2D eigenvalue weighted by molar-refractivity contribution is -0.121. The molecule has 11 heteroatoms. The topological polar surface area (TPSA) is 152 Å². The second-order valence-electron chi connectivity index (χ2n) is 8.72. The maximum atomic E-state index is 13.5. The largest absolute Gasteiger partial charge is 0.504 e. The van der Waals surface area contributed by atoms with E-state index in [0.717, 1.165) is 0 Å². The summed E-state index contributed by atoms with van der Waals surface area (Å²) in [6.07, 6.45) is 1.72. The van der Waals surface area contributed by atoms with Gasteiger partial charge in [0.05, 0.1) is 26.9 Å². The number of nitrogens with one attached hydrogen (secondary N) is 1. The molecule has 0 radical (unpaired) electrons. The zero-order chi connectivity index (χ0) is 28.1. The van der Waals surface area contributed by atoms with Crippen molar-refractivity contribution in [3.63, 3.8) is 0 Å². The highest BCUT2D eigenvalue weighted by Crippen LogP contribution is 2.42. The number of phenols is 2. The van der Waals surface area contributed by atoms with Gasteiger partial charge in [-0.3, -0.25) is 14.0 Å². The third-order valence-electron chi connectivity index (χ3n) is 6.35. The maximum Gasteiger partial charge on any atom is 0.265 e. The molecule has 2 aromatic heterocycles. The van der Waals surface area contributed by atoms with Gasteiger partial charge in [0.1, 0.15) is 5.65 Å². The predicted octanol–water partition coefficient (Wildman–Crippen LogP) is 2.72. The van der Waals surface area contributed by atoms with Gasteiger partial charge >= 0.3 is 0 Å². The number of methoxy groups -OCH3 is 3. The van der Waals surface area contributed by atoms with Gasteiger partial charge in [-0.05, 0) is 53.9 Å². The molecule has 2 aromatic carbocycles. The van der Waals surface area contributed by atoms with Gasteiger partial charge in [-0.2, -0.15) is 4.98 Å². The molecule has 2 heterocycles. The van der Waals surface area contributed by atoms with E-state index in [-0.39, 0.29) is 35.7 Å². The molecule has 11 nitrogen and oxygen atoms in total. The molecule has 0 fully saturated rings. The third-order valence-corrected chi connectivity index (χ3v) is 6.35. The van der Waals surface area contributed by atoms with Crippen LogP contribution in [-0.2, 0) is 11.2 Å². The first-order valence-electron chi connectivity index (χ1n) is 12.0. The number of rotatable bonds is 10. The van der Waals surface area contributed by atoms with Crippen LogP contribution in [-0.4, -0.2) is 58.5 Å². The zero-order valence-corrected chi connectivity index (χ0v) is 21.7. The number of aromatic hydroxyl groups is 3. The molecule has 0 saturated heterocycles. The van der Waals surface area contributed by atoms with Gasteiger partial charge in [0.15, 0.2) is 23.0 Å². The Morgan fingerprint density at radius 1 is 0.974 bits per heavy atom. The van der Waals surface area contributed by atoms with Gasteiger partial charge in [0.25, 0.3) is 5.56 Å². The quantitative estimate of drug-likeness (QED) is 0.225. The van der Waals surface area contributed by atoms with Crippen molar-refractivity contribution in [3.8, 4) is 34.6 Å². The first kappa shape index (κ1) is 27.1. The van der Waals surface area contributed by atoms with Crippen LogP contribution in [0.2, 0.25) is 0 Å². The maximum absolute atomic E-state index is 13.5. The van der Waals surface area contributed by atoms with E-state index in [4.69, 9.17) is 14.2 Å². The lowest BCUT2D eigenvalue weighted by atomic mass is 9.88. The van der Waals surface area contributed by atoms with Crippen molar-refractivity contribution in [3.05, 3.63) is 81.8 Å². The molecule has 1 atom stereocenters. The summed E-state index contributed by atoms with van der Waals surface area (Å²) in [6, 6.07) is 12.6. The summed E-state index contributed by atoms with van der Waals surface area (Å²) in [5, 5.41) is 32.9.